The molecule has 0 heterocycles. The Kier molecular flexibility index (Phi) is 35.9. The van der Waals surface area contributed by atoms with Gasteiger partial charge in [-0.3, -0.25) is 4.90 Å². The standard InChI is InChI=1S/C32H65NO2.Na/c1-3-5-7-9-11-13-15-17-19-21-23-25-27-29-33(31-32(34)35)30-28-26-24-22-20-18-16-14-12-10-8-6-4-2;/h3-31H2,1-2H3,(H,34,35);/q;+1/p-1. The molecule has 0 aliphatic rings. The third-order valence-electron chi connectivity index (χ3n) is 7.51. The van der Waals surface area contributed by atoms with Gasteiger partial charge in [-0.1, -0.05) is 168 Å². The molecule has 0 saturated heterocycles. The van der Waals surface area contributed by atoms with Crippen LogP contribution in [0.2, 0.25) is 0 Å². The maximum Gasteiger partial charge on any atom is 1.00 e. The molecule has 0 unspecified atom stereocenters. The molecule has 0 N–H and O–H groups in total. The second-order valence-electron chi connectivity index (χ2n) is 11.1. The van der Waals surface area contributed by atoms with Crippen LogP contribution in [-0.4, -0.2) is 30.5 Å². The first-order valence-electron chi connectivity index (χ1n) is 16.1. The molecule has 0 aromatic heterocycles. The van der Waals surface area contributed by atoms with Gasteiger partial charge in [0.1, 0.15) is 0 Å². The molecular formula is C32H64NNaO2. The third-order valence-corrected chi connectivity index (χ3v) is 7.51. The van der Waals surface area contributed by atoms with Crippen LogP contribution in [0.3, 0.4) is 0 Å². The summed E-state index contributed by atoms with van der Waals surface area (Å²) < 4.78 is 0. The fourth-order valence-electron chi connectivity index (χ4n) is 5.16. The molecule has 0 rings (SSSR count). The van der Waals surface area contributed by atoms with E-state index in [2.05, 4.69) is 18.7 Å². The van der Waals surface area contributed by atoms with Gasteiger partial charge in [-0.2, -0.15) is 0 Å². The summed E-state index contributed by atoms with van der Waals surface area (Å²) in [6.07, 6.45) is 35.2. The zero-order valence-corrected chi connectivity index (χ0v) is 27.3. The first-order valence-corrected chi connectivity index (χ1v) is 16.1. The number of aliphatic carboxylic acids is 1. The van der Waals surface area contributed by atoms with Gasteiger partial charge >= 0.3 is 29.6 Å². The minimum atomic E-state index is -0.922. The summed E-state index contributed by atoms with van der Waals surface area (Å²) in [5.74, 6) is -0.922. The fraction of sp³-hybridized carbons (Fsp3) is 0.969. The van der Waals surface area contributed by atoms with E-state index < -0.39 is 5.97 Å². The largest absolute Gasteiger partial charge is 1.00 e. The Labute approximate surface area is 249 Å². The second kappa shape index (κ2) is 33.5. The third kappa shape index (κ3) is 32.5. The van der Waals surface area contributed by atoms with Crippen LogP contribution in [0.1, 0.15) is 181 Å². The predicted molar refractivity (Wildman–Crippen MR) is 153 cm³/mol. The van der Waals surface area contributed by atoms with Crippen molar-refractivity contribution in [1.29, 1.82) is 0 Å². The molecule has 210 valence electrons. The number of rotatable bonds is 30. The maximum atomic E-state index is 11.1. The smallest absolute Gasteiger partial charge is 0.549 e. The topological polar surface area (TPSA) is 43.4 Å². The van der Waals surface area contributed by atoms with Crippen LogP contribution in [0.5, 0.6) is 0 Å². The van der Waals surface area contributed by atoms with Gasteiger partial charge in [0, 0.05) is 6.54 Å². The normalized spacial score (nSPS) is 11.2. The van der Waals surface area contributed by atoms with Crippen LogP contribution in [0.4, 0.5) is 0 Å². The Hall–Kier alpha value is 0.430. The Morgan fingerprint density at radius 2 is 0.667 bits per heavy atom. The molecule has 4 heteroatoms. The zero-order chi connectivity index (χ0) is 25.7. The zero-order valence-electron chi connectivity index (χ0n) is 25.3. The molecule has 0 spiro atoms. The molecule has 0 atom stereocenters. The van der Waals surface area contributed by atoms with Crippen molar-refractivity contribution < 1.29 is 39.5 Å². The fourth-order valence-corrected chi connectivity index (χ4v) is 5.16. The van der Waals surface area contributed by atoms with Crippen molar-refractivity contribution in [3.63, 3.8) is 0 Å². The molecule has 0 bridgehead atoms. The van der Waals surface area contributed by atoms with Gasteiger partial charge in [0.05, 0.1) is 5.97 Å². The molecule has 0 aliphatic carbocycles. The number of hydrogen-bond acceptors (Lipinski definition) is 3. The number of hydrogen-bond donors (Lipinski definition) is 0. The van der Waals surface area contributed by atoms with Crippen molar-refractivity contribution in [1.82, 2.24) is 4.90 Å². The van der Waals surface area contributed by atoms with E-state index in [4.69, 9.17) is 0 Å². The number of nitrogens with zero attached hydrogens (tertiary/aromatic N) is 1. The number of carbonyl (C=O) groups is 1. The SMILES string of the molecule is CCCCCCCCCCCCCCCN(CCCCCCCCCCCCCCC)CC(=O)[O-].[Na+]. The summed E-state index contributed by atoms with van der Waals surface area (Å²) in [6.45, 7) is 6.51. The number of carboxylic acids is 1. The van der Waals surface area contributed by atoms with Crippen LogP contribution < -0.4 is 34.7 Å². The first kappa shape index (κ1) is 38.6. The van der Waals surface area contributed by atoms with E-state index in [1.165, 1.54) is 154 Å². The Balaban J connectivity index is 0. The summed E-state index contributed by atoms with van der Waals surface area (Å²) >= 11 is 0. The quantitative estimate of drug-likeness (QED) is 0.0838. The van der Waals surface area contributed by atoms with Crippen LogP contribution in [0, 0.1) is 0 Å². The minimum absolute atomic E-state index is 0. The van der Waals surface area contributed by atoms with Gasteiger partial charge in [0.15, 0.2) is 0 Å². The Morgan fingerprint density at radius 3 is 0.889 bits per heavy atom. The summed E-state index contributed by atoms with van der Waals surface area (Å²) in [6, 6.07) is 0. The number of carboxylic acid groups (broad SMARTS) is 1. The molecule has 0 saturated carbocycles. The van der Waals surface area contributed by atoms with Gasteiger partial charge in [0.2, 0.25) is 0 Å². The van der Waals surface area contributed by atoms with Gasteiger partial charge in [0.25, 0.3) is 0 Å². The van der Waals surface area contributed by atoms with E-state index in [0.717, 1.165) is 25.9 Å². The Bertz CT molecular complexity index is 389. The van der Waals surface area contributed by atoms with Gasteiger partial charge in [-0.15, -0.1) is 0 Å². The van der Waals surface area contributed by atoms with Gasteiger partial charge in [-0.05, 0) is 25.9 Å². The van der Waals surface area contributed by atoms with Crippen molar-refractivity contribution in [2.24, 2.45) is 0 Å². The van der Waals surface area contributed by atoms with E-state index >= 15 is 0 Å². The monoisotopic (exact) mass is 517 g/mol. The molecule has 0 aliphatic heterocycles. The molecule has 36 heavy (non-hydrogen) atoms. The van der Waals surface area contributed by atoms with E-state index in [-0.39, 0.29) is 36.1 Å². The average Bonchev–Trinajstić information content (AvgIpc) is 2.84. The molecular weight excluding hydrogens is 453 g/mol. The van der Waals surface area contributed by atoms with Crippen molar-refractivity contribution in [2.75, 3.05) is 19.6 Å². The number of carbonyl (C=O) groups excluding carboxylic acids is 1. The molecule has 0 amide bonds. The molecule has 0 aromatic rings. The van der Waals surface area contributed by atoms with E-state index in [1.54, 1.807) is 0 Å². The van der Waals surface area contributed by atoms with E-state index in [9.17, 15) is 9.90 Å². The van der Waals surface area contributed by atoms with Gasteiger partial charge in [-0.25, -0.2) is 0 Å². The molecule has 0 aromatic carbocycles. The summed E-state index contributed by atoms with van der Waals surface area (Å²) in [4.78, 5) is 13.2. The maximum absolute atomic E-state index is 11.1. The van der Waals surface area contributed by atoms with Gasteiger partial charge < -0.3 is 9.90 Å². The van der Waals surface area contributed by atoms with Crippen LogP contribution in [-0.2, 0) is 4.79 Å². The van der Waals surface area contributed by atoms with Crippen molar-refractivity contribution in [3.05, 3.63) is 0 Å². The minimum Gasteiger partial charge on any atom is -0.549 e. The second-order valence-corrected chi connectivity index (χ2v) is 11.1. The summed E-state index contributed by atoms with van der Waals surface area (Å²) in [7, 11) is 0. The average molecular weight is 518 g/mol. The molecule has 0 radical (unpaired) electrons. The van der Waals surface area contributed by atoms with Crippen LogP contribution >= 0.6 is 0 Å². The molecule has 3 nitrogen and oxygen atoms in total. The van der Waals surface area contributed by atoms with E-state index in [0.29, 0.717) is 0 Å². The predicted octanol–water partition coefficient (Wildman–Crippen LogP) is 6.22. The van der Waals surface area contributed by atoms with Crippen LogP contribution in [0.25, 0.3) is 0 Å². The van der Waals surface area contributed by atoms with Crippen molar-refractivity contribution in [2.45, 2.75) is 181 Å². The van der Waals surface area contributed by atoms with E-state index in [1.807, 2.05) is 0 Å². The first-order chi connectivity index (χ1) is 17.2. The Morgan fingerprint density at radius 1 is 0.444 bits per heavy atom. The number of unbranched alkanes of at least 4 members (excludes halogenated alkanes) is 24. The van der Waals surface area contributed by atoms with Crippen molar-refractivity contribution in [3.8, 4) is 0 Å². The summed E-state index contributed by atoms with van der Waals surface area (Å²) in [5.41, 5.74) is 0. The van der Waals surface area contributed by atoms with Crippen LogP contribution in [0.15, 0.2) is 0 Å². The van der Waals surface area contributed by atoms with Crippen molar-refractivity contribution >= 4 is 5.97 Å². The molecule has 0 fully saturated rings. The summed E-state index contributed by atoms with van der Waals surface area (Å²) in [5, 5.41) is 11.1.